The Morgan fingerprint density at radius 2 is 1.67 bits per heavy atom. The lowest BCUT2D eigenvalue weighted by molar-refractivity contribution is -0.658. The smallest absolute Gasteiger partial charge is 0.298 e. The summed E-state index contributed by atoms with van der Waals surface area (Å²) in [5, 5.41) is 20.2. The topological polar surface area (TPSA) is 71.8 Å². The van der Waals surface area contributed by atoms with Crippen molar-refractivity contribution in [3.8, 4) is 0 Å². The van der Waals surface area contributed by atoms with E-state index in [1.807, 2.05) is 80.4 Å². The van der Waals surface area contributed by atoms with Gasteiger partial charge in [-0.1, -0.05) is 6.07 Å². The van der Waals surface area contributed by atoms with Crippen molar-refractivity contribution >= 4 is 17.2 Å². The van der Waals surface area contributed by atoms with E-state index in [2.05, 4.69) is 26.1 Å². The minimum Gasteiger partial charge on any atom is -0.298 e. The molecule has 0 saturated heterocycles. The number of azo groups is 1. The Morgan fingerprint density at radius 1 is 0.958 bits per heavy atom. The summed E-state index contributed by atoms with van der Waals surface area (Å²) < 4.78 is 1.90. The minimum absolute atomic E-state index is 0.739. The van der Waals surface area contributed by atoms with E-state index in [1.54, 1.807) is 10.1 Å². The molecule has 24 heavy (non-hydrogen) atoms. The Morgan fingerprint density at radius 3 is 2.29 bits per heavy atom. The van der Waals surface area contributed by atoms with Crippen LogP contribution in [0.15, 0.2) is 81.1 Å². The first-order chi connectivity index (χ1) is 11.6. The lowest BCUT2D eigenvalue weighted by Crippen LogP contribution is -2.34. The predicted molar refractivity (Wildman–Crippen MR) is 89.2 cm³/mol. The van der Waals surface area contributed by atoms with Gasteiger partial charge in [0.25, 0.3) is 0 Å². The van der Waals surface area contributed by atoms with Crippen LogP contribution < -0.4 is 10.1 Å². The first-order valence-corrected chi connectivity index (χ1v) is 7.47. The molecule has 0 amide bonds. The number of hydrazine groups is 2. The lowest BCUT2D eigenvalue weighted by Gasteiger charge is -2.14. The van der Waals surface area contributed by atoms with Crippen LogP contribution in [-0.4, -0.2) is 17.2 Å². The van der Waals surface area contributed by atoms with Gasteiger partial charge in [0, 0.05) is 19.3 Å². The van der Waals surface area contributed by atoms with E-state index in [-0.39, 0.29) is 0 Å². The fraction of sp³-hybridized carbons (Fsp3) is 0.188. The van der Waals surface area contributed by atoms with E-state index in [0.29, 0.717) is 0 Å². The van der Waals surface area contributed by atoms with E-state index in [4.69, 9.17) is 0 Å². The molecule has 1 aliphatic rings. The molecule has 1 N–H and O–H groups in total. The molecule has 1 aliphatic heterocycles. The van der Waals surface area contributed by atoms with Crippen molar-refractivity contribution < 1.29 is 4.57 Å². The second kappa shape index (κ2) is 6.97. The van der Waals surface area contributed by atoms with Crippen molar-refractivity contribution in [2.24, 2.45) is 27.6 Å². The molecular formula is C16H19N8+. The fourth-order valence-electron chi connectivity index (χ4n) is 2.09. The van der Waals surface area contributed by atoms with E-state index in [1.165, 1.54) is 0 Å². The highest BCUT2D eigenvalue weighted by atomic mass is 15.9. The van der Waals surface area contributed by atoms with Crippen molar-refractivity contribution in [1.29, 1.82) is 0 Å². The van der Waals surface area contributed by atoms with Crippen LogP contribution in [0.2, 0.25) is 0 Å². The van der Waals surface area contributed by atoms with Gasteiger partial charge in [-0.2, -0.15) is 5.12 Å². The maximum absolute atomic E-state index is 4.24. The zero-order valence-electron chi connectivity index (χ0n) is 13.8. The number of hydrogen-bond acceptors (Lipinski definition) is 6. The fourth-order valence-corrected chi connectivity index (χ4v) is 2.09. The number of aryl methyl sites for hydroxylation is 1. The van der Waals surface area contributed by atoms with Crippen LogP contribution >= 0.6 is 0 Å². The second-order valence-corrected chi connectivity index (χ2v) is 5.37. The number of rotatable bonds is 4. The van der Waals surface area contributed by atoms with Crippen LogP contribution in [0, 0.1) is 0 Å². The Balaban J connectivity index is 1.66. The maximum Gasteiger partial charge on any atom is 0.350 e. The van der Waals surface area contributed by atoms with Crippen LogP contribution in [0.4, 0.5) is 17.2 Å². The number of allylic oxidation sites excluding steroid dienone is 1. The molecule has 0 aliphatic carbocycles. The number of benzene rings is 1. The molecule has 8 nitrogen and oxygen atoms in total. The normalized spacial score (nSPS) is 14.9. The molecule has 0 saturated carbocycles. The third-order valence-corrected chi connectivity index (χ3v) is 3.36. The van der Waals surface area contributed by atoms with Gasteiger partial charge in [-0.15, -0.1) is 10.6 Å². The molecule has 0 radical (unpaired) electrons. The zero-order valence-corrected chi connectivity index (χ0v) is 13.8. The average molecular weight is 323 g/mol. The monoisotopic (exact) mass is 323 g/mol. The van der Waals surface area contributed by atoms with Crippen LogP contribution in [0.5, 0.6) is 0 Å². The highest BCUT2D eigenvalue weighted by Crippen LogP contribution is 2.21. The molecule has 1 aromatic heterocycles. The third kappa shape index (κ3) is 3.79. The molecule has 0 fully saturated rings. The number of nitrogens with one attached hydrogen (secondary N) is 1. The first kappa shape index (κ1) is 15.8. The van der Waals surface area contributed by atoms with Gasteiger partial charge in [-0.25, -0.2) is 4.57 Å². The molecular weight excluding hydrogens is 304 g/mol. The highest BCUT2D eigenvalue weighted by molar-refractivity contribution is 5.46. The molecule has 0 unspecified atom stereocenters. The predicted octanol–water partition coefficient (Wildman–Crippen LogP) is 3.45. The zero-order chi connectivity index (χ0) is 16.9. The summed E-state index contributed by atoms with van der Waals surface area (Å²) in [5.74, 6) is 0.785. The van der Waals surface area contributed by atoms with Crippen molar-refractivity contribution in [3.63, 3.8) is 0 Å². The van der Waals surface area contributed by atoms with Crippen LogP contribution in [0.1, 0.15) is 6.92 Å². The Bertz CT molecular complexity index is 794. The minimum atomic E-state index is 0.739. The Kier molecular flexibility index (Phi) is 4.57. The van der Waals surface area contributed by atoms with Crippen molar-refractivity contribution in [1.82, 2.24) is 15.7 Å². The van der Waals surface area contributed by atoms with E-state index in [0.717, 1.165) is 22.9 Å². The van der Waals surface area contributed by atoms with Gasteiger partial charge in [0.1, 0.15) is 5.69 Å². The van der Waals surface area contributed by atoms with E-state index >= 15 is 0 Å². The average Bonchev–Trinajstić information content (AvgIpc) is 2.91. The van der Waals surface area contributed by atoms with Crippen molar-refractivity contribution in [2.45, 2.75) is 6.92 Å². The maximum atomic E-state index is 4.24. The van der Waals surface area contributed by atoms with Gasteiger partial charge in [0.2, 0.25) is 0 Å². The summed E-state index contributed by atoms with van der Waals surface area (Å²) in [5.41, 5.74) is 5.46. The van der Waals surface area contributed by atoms with Crippen molar-refractivity contribution in [2.75, 3.05) is 7.05 Å². The van der Waals surface area contributed by atoms with Gasteiger partial charge in [-0.3, -0.25) is 5.01 Å². The molecule has 0 atom stereocenters. The van der Waals surface area contributed by atoms with Gasteiger partial charge in [-0.05, 0) is 47.6 Å². The quantitative estimate of drug-likeness (QED) is 0.692. The Labute approximate surface area is 140 Å². The number of aromatic nitrogens is 1. The molecule has 0 bridgehead atoms. The molecule has 3 rings (SSSR count). The summed E-state index contributed by atoms with van der Waals surface area (Å²) in [6, 6.07) is 13.2. The SMILES string of the molecule is CC1=CN(C)NN1N=Nc1ccc(N=Nc2cccc[n+]2C)cc1. The molecule has 2 heterocycles. The molecule has 8 heteroatoms. The summed E-state index contributed by atoms with van der Waals surface area (Å²) in [6.45, 7) is 1.95. The van der Waals surface area contributed by atoms with E-state index in [9.17, 15) is 0 Å². The Hall–Kier alpha value is -3.13. The first-order valence-electron chi connectivity index (χ1n) is 7.47. The molecule has 1 aromatic carbocycles. The standard InChI is InChI=1S/C16H19N8/c1-13-12-23(3)21-24(13)20-18-15-9-7-14(8-10-15)17-19-16-6-4-5-11-22(16)2/h4-12H,1-3H3,(H,20,21)/q+1. The number of hydrogen-bond donors (Lipinski definition) is 1. The molecule has 122 valence electrons. The number of nitrogens with zero attached hydrogens (tertiary/aromatic N) is 7. The molecule has 0 spiro atoms. The van der Waals surface area contributed by atoms with Crippen LogP contribution in [-0.2, 0) is 7.05 Å². The van der Waals surface area contributed by atoms with Gasteiger partial charge >= 0.3 is 5.82 Å². The number of pyridine rings is 1. The van der Waals surface area contributed by atoms with Gasteiger partial charge in [0.05, 0.1) is 29.7 Å². The summed E-state index contributed by atoms with van der Waals surface area (Å²) in [4.78, 5) is 0. The van der Waals surface area contributed by atoms with Crippen LogP contribution in [0.25, 0.3) is 0 Å². The van der Waals surface area contributed by atoms with Crippen molar-refractivity contribution in [3.05, 3.63) is 60.6 Å². The highest BCUT2D eigenvalue weighted by Gasteiger charge is 2.13. The molecule has 2 aromatic rings. The summed E-state index contributed by atoms with van der Waals surface area (Å²) in [6.07, 6.45) is 3.85. The van der Waals surface area contributed by atoms with Crippen LogP contribution in [0.3, 0.4) is 0 Å². The summed E-state index contributed by atoms with van der Waals surface area (Å²) in [7, 11) is 3.82. The summed E-state index contributed by atoms with van der Waals surface area (Å²) >= 11 is 0. The van der Waals surface area contributed by atoms with E-state index < -0.39 is 0 Å². The third-order valence-electron chi connectivity index (χ3n) is 3.36. The lowest BCUT2D eigenvalue weighted by atomic mass is 10.3. The van der Waals surface area contributed by atoms with Gasteiger partial charge in [0.15, 0.2) is 0 Å². The second-order valence-electron chi connectivity index (χ2n) is 5.37. The van der Waals surface area contributed by atoms with Gasteiger partial charge < -0.3 is 0 Å². The largest absolute Gasteiger partial charge is 0.350 e.